The Labute approximate surface area is 104 Å². The van der Waals surface area contributed by atoms with Gasteiger partial charge >= 0.3 is 6.03 Å². The Bertz CT molecular complexity index is 231. The van der Waals surface area contributed by atoms with Crippen LogP contribution in [0.5, 0.6) is 0 Å². The summed E-state index contributed by atoms with van der Waals surface area (Å²) >= 11 is 0. The van der Waals surface area contributed by atoms with E-state index in [2.05, 4.69) is 20.9 Å². The van der Waals surface area contributed by atoms with Gasteiger partial charge in [0, 0.05) is 38.3 Å². The van der Waals surface area contributed by atoms with Gasteiger partial charge in [0.1, 0.15) is 0 Å². The number of carbonyl (C=O) groups excluding carboxylic acids is 1. The summed E-state index contributed by atoms with van der Waals surface area (Å²) in [5, 5.41) is 9.10. The molecule has 1 aliphatic heterocycles. The first-order chi connectivity index (χ1) is 7.97. The highest BCUT2D eigenvalue weighted by molar-refractivity contribution is 5.74. The molecule has 0 bridgehead atoms. The standard InChI is InChI=1S/C12H26N4O/c1-12(2,3)15-11(17)14-5-4-8-16-9-6-13-7-10-16/h13H,4-10H2,1-3H3,(H2,14,15,17). The van der Waals surface area contributed by atoms with Crippen molar-refractivity contribution in [2.75, 3.05) is 39.3 Å². The third-order valence-electron chi connectivity index (χ3n) is 2.63. The summed E-state index contributed by atoms with van der Waals surface area (Å²) in [6.07, 6.45) is 1.01. The van der Waals surface area contributed by atoms with Gasteiger partial charge in [0.2, 0.25) is 0 Å². The van der Waals surface area contributed by atoms with E-state index in [1.54, 1.807) is 0 Å². The van der Waals surface area contributed by atoms with Gasteiger partial charge in [-0.05, 0) is 33.7 Å². The van der Waals surface area contributed by atoms with E-state index in [0.717, 1.165) is 45.7 Å². The average Bonchev–Trinajstić information content (AvgIpc) is 2.23. The van der Waals surface area contributed by atoms with Crippen LogP contribution < -0.4 is 16.0 Å². The summed E-state index contributed by atoms with van der Waals surface area (Å²) < 4.78 is 0. The highest BCUT2D eigenvalue weighted by Gasteiger charge is 2.13. The maximum absolute atomic E-state index is 11.5. The molecule has 100 valence electrons. The van der Waals surface area contributed by atoms with E-state index in [-0.39, 0.29) is 11.6 Å². The third kappa shape index (κ3) is 7.18. The first kappa shape index (κ1) is 14.3. The first-order valence-electron chi connectivity index (χ1n) is 6.46. The maximum atomic E-state index is 11.5. The number of urea groups is 1. The van der Waals surface area contributed by atoms with Gasteiger partial charge in [-0.25, -0.2) is 4.79 Å². The lowest BCUT2D eigenvalue weighted by Gasteiger charge is -2.27. The van der Waals surface area contributed by atoms with Gasteiger partial charge in [-0.1, -0.05) is 0 Å². The van der Waals surface area contributed by atoms with Gasteiger partial charge in [0.15, 0.2) is 0 Å². The van der Waals surface area contributed by atoms with E-state index in [0.29, 0.717) is 0 Å². The van der Waals surface area contributed by atoms with Crippen LogP contribution in [0.4, 0.5) is 4.79 Å². The van der Waals surface area contributed by atoms with E-state index in [1.165, 1.54) is 0 Å². The minimum absolute atomic E-state index is 0.0715. The van der Waals surface area contributed by atoms with Crippen molar-refractivity contribution in [2.24, 2.45) is 0 Å². The number of hydrogen-bond donors (Lipinski definition) is 3. The van der Waals surface area contributed by atoms with E-state index < -0.39 is 0 Å². The second-order valence-electron chi connectivity index (χ2n) is 5.58. The SMILES string of the molecule is CC(C)(C)NC(=O)NCCCN1CCNCC1. The number of amides is 2. The fourth-order valence-corrected chi connectivity index (χ4v) is 1.82. The van der Waals surface area contributed by atoms with Gasteiger partial charge in [-0.3, -0.25) is 0 Å². The summed E-state index contributed by atoms with van der Waals surface area (Å²) in [5.74, 6) is 0. The number of hydrogen-bond acceptors (Lipinski definition) is 3. The quantitative estimate of drug-likeness (QED) is 0.625. The van der Waals surface area contributed by atoms with Gasteiger partial charge in [0.25, 0.3) is 0 Å². The molecule has 5 nitrogen and oxygen atoms in total. The predicted molar refractivity (Wildman–Crippen MR) is 70.2 cm³/mol. The summed E-state index contributed by atoms with van der Waals surface area (Å²) in [4.78, 5) is 13.9. The van der Waals surface area contributed by atoms with Crippen LogP contribution in [-0.2, 0) is 0 Å². The second-order valence-corrected chi connectivity index (χ2v) is 5.58. The van der Waals surface area contributed by atoms with E-state index >= 15 is 0 Å². The Morgan fingerprint density at radius 2 is 1.94 bits per heavy atom. The molecule has 0 aromatic heterocycles. The van der Waals surface area contributed by atoms with Crippen molar-refractivity contribution < 1.29 is 4.79 Å². The van der Waals surface area contributed by atoms with Gasteiger partial charge in [-0.15, -0.1) is 0 Å². The Kier molecular flexibility index (Phi) is 5.71. The molecule has 0 aromatic rings. The lowest BCUT2D eigenvalue weighted by Crippen LogP contribution is -2.47. The van der Waals surface area contributed by atoms with Crippen molar-refractivity contribution in [3.63, 3.8) is 0 Å². The molecule has 0 aliphatic carbocycles. The minimum atomic E-state index is -0.164. The third-order valence-corrected chi connectivity index (χ3v) is 2.63. The number of nitrogens with zero attached hydrogens (tertiary/aromatic N) is 1. The monoisotopic (exact) mass is 242 g/mol. The summed E-state index contributed by atoms with van der Waals surface area (Å²) in [6, 6.07) is -0.0715. The Morgan fingerprint density at radius 3 is 2.53 bits per heavy atom. The Balaban J connectivity index is 2.01. The van der Waals surface area contributed by atoms with Crippen LogP contribution >= 0.6 is 0 Å². The van der Waals surface area contributed by atoms with Crippen molar-refractivity contribution in [3.05, 3.63) is 0 Å². The number of carbonyl (C=O) groups is 1. The zero-order valence-corrected chi connectivity index (χ0v) is 11.3. The van der Waals surface area contributed by atoms with Crippen LogP contribution in [-0.4, -0.2) is 55.7 Å². The lowest BCUT2D eigenvalue weighted by atomic mass is 10.1. The van der Waals surface area contributed by atoms with Gasteiger partial charge in [0.05, 0.1) is 0 Å². The van der Waals surface area contributed by atoms with Crippen LogP contribution in [0.3, 0.4) is 0 Å². The van der Waals surface area contributed by atoms with E-state index in [1.807, 2.05) is 20.8 Å². The van der Waals surface area contributed by atoms with Crippen LogP contribution in [0.15, 0.2) is 0 Å². The molecule has 0 spiro atoms. The molecule has 3 N–H and O–H groups in total. The molecule has 5 heteroatoms. The van der Waals surface area contributed by atoms with Crippen LogP contribution in [0.2, 0.25) is 0 Å². The molecule has 1 fully saturated rings. The average molecular weight is 242 g/mol. The lowest BCUT2D eigenvalue weighted by molar-refractivity contribution is 0.225. The zero-order chi connectivity index (χ0) is 12.7. The molecule has 0 unspecified atom stereocenters. The topological polar surface area (TPSA) is 56.4 Å². The molecular weight excluding hydrogens is 216 g/mol. The summed E-state index contributed by atoms with van der Waals surface area (Å²) in [5.41, 5.74) is -0.164. The second kappa shape index (κ2) is 6.81. The largest absolute Gasteiger partial charge is 0.338 e. The first-order valence-corrected chi connectivity index (χ1v) is 6.46. The normalized spacial score (nSPS) is 17.8. The molecule has 2 amide bonds. The highest BCUT2D eigenvalue weighted by atomic mass is 16.2. The fourth-order valence-electron chi connectivity index (χ4n) is 1.82. The number of nitrogens with one attached hydrogen (secondary N) is 3. The van der Waals surface area contributed by atoms with Crippen LogP contribution in [0.25, 0.3) is 0 Å². The minimum Gasteiger partial charge on any atom is -0.338 e. The zero-order valence-electron chi connectivity index (χ0n) is 11.3. The molecule has 0 saturated carbocycles. The van der Waals surface area contributed by atoms with Gasteiger partial charge in [-0.2, -0.15) is 0 Å². The van der Waals surface area contributed by atoms with E-state index in [4.69, 9.17) is 0 Å². The Morgan fingerprint density at radius 1 is 1.29 bits per heavy atom. The molecule has 0 aromatic carbocycles. The van der Waals surface area contributed by atoms with Crippen LogP contribution in [0, 0.1) is 0 Å². The highest BCUT2D eigenvalue weighted by Crippen LogP contribution is 1.97. The number of piperazine rings is 1. The molecule has 1 saturated heterocycles. The van der Waals surface area contributed by atoms with Crippen molar-refractivity contribution in [1.82, 2.24) is 20.9 Å². The molecule has 1 rings (SSSR count). The molecule has 1 heterocycles. The van der Waals surface area contributed by atoms with Crippen molar-refractivity contribution in [1.29, 1.82) is 0 Å². The molecule has 0 radical (unpaired) electrons. The van der Waals surface area contributed by atoms with E-state index in [9.17, 15) is 4.79 Å². The smallest absolute Gasteiger partial charge is 0.315 e. The van der Waals surface area contributed by atoms with Gasteiger partial charge < -0.3 is 20.9 Å². The van der Waals surface area contributed by atoms with Crippen molar-refractivity contribution >= 4 is 6.03 Å². The van der Waals surface area contributed by atoms with Crippen molar-refractivity contribution in [3.8, 4) is 0 Å². The Hall–Kier alpha value is -0.810. The molecule has 1 aliphatic rings. The fraction of sp³-hybridized carbons (Fsp3) is 0.917. The van der Waals surface area contributed by atoms with Crippen molar-refractivity contribution in [2.45, 2.75) is 32.7 Å². The predicted octanol–water partition coefficient (Wildman–Crippen LogP) is 0.379. The summed E-state index contributed by atoms with van der Waals surface area (Å²) in [6.45, 7) is 12.1. The summed E-state index contributed by atoms with van der Waals surface area (Å²) in [7, 11) is 0. The molecule has 17 heavy (non-hydrogen) atoms. The maximum Gasteiger partial charge on any atom is 0.315 e. The van der Waals surface area contributed by atoms with Crippen LogP contribution in [0.1, 0.15) is 27.2 Å². The number of rotatable bonds is 4. The molecule has 0 atom stereocenters. The molecular formula is C12H26N4O.